The number of allylic oxidation sites excluding steroid dienone is 2. The highest BCUT2D eigenvalue weighted by Crippen LogP contribution is 2.50. The molecule has 0 heterocycles. The van der Waals surface area contributed by atoms with Gasteiger partial charge >= 0.3 is 24.2 Å². The lowest BCUT2D eigenvalue weighted by Crippen LogP contribution is -2.58. The van der Waals surface area contributed by atoms with Crippen molar-refractivity contribution in [3.8, 4) is 0 Å². The maximum atomic E-state index is 13.1. The van der Waals surface area contributed by atoms with E-state index in [1.165, 1.54) is 0 Å². The molecule has 0 radical (unpaired) electrons. The molecular formula is C11H12F8O2. The van der Waals surface area contributed by atoms with Crippen molar-refractivity contribution in [1.29, 1.82) is 0 Å². The lowest BCUT2D eigenvalue weighted by atomic mass is 10.0. The van der Waals surface area contributed by atoms with E-state index in [1.807, 2.05) is 0 Å². The van der Waals surface area contributed by atoms with Crippen LogP contribution in [0.4, 0.5) is 35.1 Å². The van der Waals surface area contributed by atoms with Crippen molar-refractivity contribution in [2.75, 3.05) is 0 Å². The zero-order valence-corrected chi connectivity index (χ0v) is 10.7. The monoisotopic (exact) mass is 328 g/mol. The smallest absolute Gasteiger partial charge is 0.385 e. The molecule has 0 saturated carbocycles. The molecule has 0 bridgehead atoms. The Morgan fingerprint density at radius 3 is 2.00 bits per heavy atom. The van der Waals surface area contributed by atoms with Crippen LogP contribution in [-0.2, 0) is 4.79 Å². The molecule has 0 aromatic heterocycles. The van der Waals surface area contributed by atoms with Gasteiger partial charge in [-0.05, 0) is 6.42 Å². The number of hydrogen-bond donors (Lipinski definition) is 1. The fourth-order valence-corrected chi connectivity index (χ4v) is 1.17. The predicted molar refractivity (Wildman–Crippen MR) is 56.1 cm³/mol. The van der Waals surface area contributed by atoms with Crippen molar-refractivity contribution in [2.24, 2.45) is 0 Å². The van der Waals surface area contributed by atoms with Crippen molar-refractivity contribution < 1.29 is 45.0 Å². The topological polar surface area (TPSA) is 37.3 Å². The minimum absolute atomic E-state index is 0.178. The zero-order chi connectivity index (χ0) is 17.1. The number of ketones is 1. The van der Waals surface area contributed by atoms with Crippen LogP contribution in [-0.4, -0.2) is 35.1 Å². The van der Waals surface area contributed by atoms with Gasteiger partial charge in [0.25, 0.3) is 0 Å². The first-order valence-electron chi connectivity index (χ1n) is 5.67. The van der Waals surface area contributed by atoms with Gasteiger partial charge in [0.15, 0.2) is 11.5 Å². The quantitative estimate of drug-likeness (QED) is 0.408. The Morgan fingerprint density at radius 2 is 1.62 bits per heavy atom. The molecular weight excluding hydrogens is 316 g/mol. The number of rotatable bonds is 8. The molecule has 21 heavy (non-hydrogen) atoms. The van der Waals surface area contributed by atoms with E-state index in [4.69, 9.17) is 5.11 Å². The van der Waals surface area contributed by atoms with Crippen LogP contribution in [0.3, 0.4) is 0 Å². The summed E-state index contributed by atoms with van der Waals surface area (Å²) in [7, 11) is 0. The molecule has 1 N–H and O–H groups in total. The largest absolute Gasteiger partial charge is 0.506 e. The fourth-order valence-electron chi connectivity index (χ4n) is 1.17. The number of unbranched alkanes of at least 4 members (excludes halogenated alkanes) is 1. The molecule has 0 aliphatic rings. The van der Waals surface area contributed by atoms with Gasteiger partial charge in [-0.3, -0.25) is 4.79 Å². The van der Waals surface area contributed by atoms with Crippen LogP contribution in [0, 0.1) is 0 Å². The standard InChI is InChI=1S/C11H12F8O2/c1-2-3-4-6(20)5-7(21)9(14,15)11(18,19)10(16,17)8(12)13/h5,8,21H,2-4H2,1H3/b7-5-. The van der Waals surface area contributed by atoms with Gasteiger partial charge in [0.1, 0.15) is 0 Å². The van der Waals surface area contributed by atoms with E-state index < -0.39 is 42.2 Å². The van der Waals surface area contributed by atoms with E-state index in [9.17, 15) is 39.9 Å². The summed E-state index contributed by atoms with van der Waals surface area (Å²) in [6, 6.07) is 0. The van der Waals surface area contributed by atoms with Gasteiger partial charge in [-0.25, -0.2) is 8.78 Å². The maximum absolute atomic E-state index is 13.1. The summed E-state index contributed by atoms with van der Waals surface area (Å²) in [6.07, 6.45) is -5.21. The van der Waals surface area contributed by atoms with Crippen molar-refractivity contribution >= 4 is 5.78 Å². The molecule has 0 saturated heterocycles. The highest BCUT2D eigenvalue weighted by atomic mass is 19.4. The number of carbonyl (C=O) groups is 1. The zero-order valence-electron chi connectivity index (χ0n) is 10.7. The van der Waals surface area contributed by atoms with E-state index in [2.05, 4.69) is 0 Å². The second-order valence-corrected chi connectivity index (χ2v) is 4.17. The third-order valence-electron chi connectivity index (χ3n) is 2.48. The van der Waals surface area contributed by atoms with E-state index in [1.54, 1.807) is 6.92 Å². The van der Waals surface area contributed by atoms with Gasteiger partial charge in [0.05, 0.1) is 0 Å². The summed E-state index contributed by atoms with van der Waals surface area (Å²) in [4.78, 5) is 11.0. The third-order valence-corrected chi connectivity index (χ3v) is 2.48. The molecule has 0 fully saturated rings. The summed E-state index contributed by atoms with van der Waals surface area (Å²) >= 11 is 0. The fraction of sp³-hybridized carbons (Fsp3) is 0.727. The first kappa shape index (κ1) is 19.7. The lowest BCUT2D eigenvalue weighted by Gasteiger charge is -2.31. The molecule has 0 rings (SSSR count). The average Bonchev–Trinajstić information content (AvgIpc) is 2.35. The predicted octanol–water partition coefficient (Wildman–Crippen LogP) is 4.36. The second kappa shape index (κ2) is 6.61. The Morgan fingerprint density at radius 1 is 1.14 bits per heavy atom. The SMILES string of the molecule is CCCCC(=O)/C=C(\O)C(F)(F)C(F)(F)C(F)(F)C(F)F. The Hall–Kier alpha value is -1.35. The first-order chi connectivity index (χ1) is 9.32. The summed E-state index contributed by atoms with van der Waals surface area (Å²) in [5, 5.41) is 8.76. The van der Waals surface area contributed by atoms with Gasteiger partial charge in [-0.2, -0.15) is 26.3 Å². The van der Waals surface area contributed by atoms with E-state index in [-0.39, 0.29) is 12.5 Å². The molecule has 0 spiro atoms. The summed E-state index contributed by atoms with van der Waals surface area (Å²) < 4.78 is 101. The Labute approximate surface area is 114 Å². The van der Waals surface area contributed by atoms with Crippen molar-refractivity contribution in [1.82, 2.24) is 0 Å². The van der Waals surface area contributed by atoms with E-state index >= 15 is 0 Å². The van der Waals surface area contributed by atoms with Crippen molar-refractivity contribution in [3.05, 3.63) is 11.8 Å². The molecule has 0 aliphatic carbocycles. The Kier molecular flexibility index (Phi) is 6.18. The van der Waals surface area contributed by atoms with Gasteiger partial charge < -0.3 is 5.11 Å². The molecule has 124 valence electrons. The van der Waals surface area contributed by atoms with Crippen LogP contribution in [0.1, 0.15) is 26.2 Å². The van der Waals surface area contributed by atoms with Gasteiger partial charge in [0.2, 0.25) is 0 Å². The van der Waals surface area contributed by atoms with Gasteiger partial charge in [-0.15, -0.1) is 0 Å². The van der Waals surface area contributed by atoms with Crippen LogP contribution in [0.2, 0.25) is 0 Å². The van der Waals surface area contributed by atoms with Crippen molar-refractivity contribution in [3.63, 3.8) is 0 Å². The molecule has 0 atom stereocenters. The number of alkyl halides is 8. The molecule has 0 aromatic carbocycles. The minimum Gasteiger partial charge on any atom is -0.506 e. The van der Waals surface area contributed by atoms with Crippen LogP contribution < -0.4 is 0 Å². The van der Waals surface area contributed by atoms with Crippen LogP contribution in [0.25, 0.3) is 0 Å². The summed E-state index contributed by atoms with van der Waals surface area (Å²) in [6.45, 7) is 1.61. The number of hydrogen-bond acceptors (Lipinski definition) is 2. The van der Waals surface area contributed by atoms with Crippen LogP contribution in [0.5, 0.6) is 0 Å². The molecule has 0 aromatic rings. The normalized spacial score (nSPS) is 14.7. The first-order valence-corrected chi connectivity index (χ1v) is 5.67. The summed E-state index contributed by atoms with van der Waals surface area (Å²) in [5.74, 6) is -22.9. The molecule has 10 heteroatoms. The minimum atomic E-state index is -6.57. The summed E-state index contributed by atoms with van der Waals surface area (Å²) in [5.41, 5.74) is 0. The number of halogens is 8. The molecule has 2 nitrogen and oxygen atoms in total. The number of carbonyl (C=O) groups excluding carboxylic acids is 1. The highest BCUT2D eigenvalue weighted by molar-refractivity contribution is 5.90. The highest BCUT2D eigenvalue weighted by Gasteiger charge is 2.77. The Balaban J connectivity index is 5.45. The average molecular weight is 328 g/mol. The molecule has 0 unspecified atom stereocenters. The van der Waals surface area contributed by atoms with Gasteiger partial charge in [-0.1, -0.05) is 13.3 Å². The second-order valence-electron chi connectivity index (χ2n) is 4.17. The Bertz CT molecular complexity index is 403. The maximum Gasteiger partial charge on any atom is 0.385 e. The molecule has 0 amide bonds. The van der Waals surface area contributed by atoms with E-state index in [0.29, 0.717) is 6.42 Å². The number of aliphatic hydroxyl groups is 1. The lowest BCUT2D eigenvalue weighted by molar-refractivity contribution is -0.333. The number of aliphatic hydroxyl groups excluding tert-OH is 1. The molecule has 0 aliphatic heterocycles. The van der Waals surface area contributed by atoms with Crippen LogP contribution >= 0.6 is 0 Å². The van der Waals surface area contributed by atoms with Gasteiger partial charge in [0, 0.05) is 12.5 Å². The van der Waals surface area contributed by atoms with E-state index in [0.717, 1.165) is 0 Å². The van der Waals surface area contributed by atoms with Crippen LogP contribution in [0.15, 0.2) is 11.8 Å². The van der Waals surface area contributed by atoms with Crippen molar-refractivity contribution in [2.45, 2.75) is 50.4 Å². The third kappa shape index (κ3) is 3.85.